The molecule has 5 heteroatoms. The number of anilines is 2. The minimum Gasteiger partial charge on any atom is -0.365 e. The Morgan fingerprint density at radius 3 is 2.71 bits per heavy atom. The summed E-state index contributed by atoms with van der Waals surface area (Å²) >= 11 is 0. The molecule has 0 unspecified atom stereocenters. The number of carbonyl (C=O) groups is 1. The number of nitrogens with zero attached hydrogens (tertiary/aromatic N) is 2. The Labute approximate surface area is 101 Å². The van der Waals surface area contributed by atoms with E-state index in [4.69, 9.17) is 0 Å². The van der Waals surface area contributed by atoms with E-state index in [2.05, 4.69) is 27.4 Å². The first-order valence-corrected chi connectivity index (χ1v) is 5.74. The van der Waals surface area contributed by atoms with Crippen molar-refractivity contribution in [2.24, 2.45) is 0 Å². The number of aromatic nitrogens is 2. The molecule has 1 rings (SSSR count). The average Bonchev–Trinajstić information content (AvgIpc) is 2.35. The molecule has 1 aromatic rings. The maximum atomic E-state index is 11.4. The molecule has 1 aromatic heterocycles. The second-order valence-electron chi connectivity index (χ2n) is 3.63. The van der Waals surface area contributed by atoms with E-state index in [1.54, 1.807) is 18.2 Å². The first kappa shape index (κ1) is 13.2. The molecule has 0 radical (unpaired) electrons. The molecule has 0 saturated carbocycles. The lowest BCUT2D eigenvalue weighted by molar-refractivity contribution is -0.116. The van der Waals surface area contributed by atoms with Gasteiger partial charge in [0.15, 0.2) is 5.82 Å². The third kappa shape index (κ3) is 5.10. The van der Waals surface area contributed by atoms with Crippen LogP contribution in [0.5, 0.6) is 0 Å². The third-order valence-electron chi connectivity index (χ3n) is 2.12. The Morgan fingerprint density at radius 2 is 2.12 bits per heavy atom. The highest BCUT2D eigenvalue weighted by molar-refractivity contribution is 5.89. The van der Waals surface area contributed by atoms with Gasteiger partial charge in [0.2, 0.25) is 5.91 Å². The summed E-state index contributed by atoms with van der Waals surface area (Å²) in [6, 6.07) is 3.49. The first-order chi connectivity index (χ1) is 8.26. The quantitative estimate of drug-likeness (QED) is 0.710. The van der Waals surface area contributed by atoms with Crippen molar-refractivity contribution in [3.05, 3.63) is 24.8 Å². The summed E-state index contributed by atoms with van der Waals surface area (Å²) in [7, 11) is 0. The van der Waals surface area contributed by atoms with Crippen LogP contribution in [0.15, 0.2) is 24.8 Å². The zero-order valence-corrected chi connectivity index (χ0v) is 10.1. The van der Waals surface area contributed by atoms with E-state index in [1.807, 2.05) is 6.92 Å². The van der Waals surface area contributed by atoms with Gasteiger partial charge in [0.25, 0.3) is 0 Å². The van der Waals surface area contributed by atoms with Crippen LogP contribution in [0.4, 0.5) is 11.6 Å². The van der Waals surface area contributed by atoms with Gasteiger partial charge < -0.3 is 10.6 Å². The van der Waals surface area contributed by atoms with Crippen molar-refractivity contribution in [1.29, 1.82) is 0 Å². The zero-order valence-electron chi connectivity index (χ0n) is 10.1. The third-order valence-corrected chi connectivity index (χ3v) is 2.12. The first-order valence-electron chi connectivity index (χ1n) is 5.74. The highest BCUT2D eigenvalue weighted by Gasteiger charge is 2.02. The highest BCUT2D eigenvalue weighted by atomic mass is 16.1. The summed E-state index contributed by atoms with van der Waals surface area (Å²) in [5.74, 6) is 1.12. The molecule has 17 heavy (non-hydrogen) atoms. The number of hydrogen-bond acceptors (Lipinski definition) is 4. The van der Waals surface area contributed by atoms with Crippen LogP contribution in [0.25, 0.3) is 0 Å². The largest absolute Gasteiger partial charge is 0.365 e. The summed E-state index contributed by atoms with van der Waals surface area (Å²) in [5.41, 5.74) is 0. The average molecular weight is 234 g/mol. The molecule has 1 amide bonds. The van der Waals surface area contributed by atoms with Gasteiger partial charge in [-0.05, 0) is 18.6 Å². The number of carbonyl (C=O) groups excluding carboxylic acids is 1. The number of amides is 1. The van der Waals surface area contributed by atoms with Crippen molar-refractivity contribution in [2.75, 3.05) is 17.2 Å². The maximum absolute atomic E-state index is 11.4. The fourth-order valence-electron chi connectivity index (χ4n) is 1.21. The van der Waals surface area contributed by atoms with Gasteiger partial charge in [0, 0.05) is 13.0 Å². The summed E-state index contributed by atoms with van der Waals surface area (Å²) < 4.78 is 0. The van der Waals surface area contributed by atoms with Crippen LogP contribution in [0.1, 0.15) is 26.2 Å². The van der Waals surface area contributed by atoms with Gasteiger partial charge in [-0.3, -0.25) is 4.79 Å². The lowest BCUT2D eigenvalue weighted by Crippen LogP contribution is -2.13. The molecule has 0 saturated heterocycles. The second kappa shape index (κ2) is 7.38. The van der Waals surface area contributed by atoms with Crippen molar-refractivity contribution in [3.8, 4) is 0 Å². The predicted octanol–water partition coefficient (Wildman–Crippen LogP) is 2.20. The molecule has 0 fully saturated rings. The minimum absolute atomic E-state index is 0.0204. The molecule has 0 spiro atoms. The van der Waals surface area contributed by atoms with Crippen LogP contribution in [0.2, 0.25) is 0 Å². The van der Waals surface area contributed by atoms with Crippen LogP contribution in [-0.2, 0) is 4.79 Å². The zero-order chi connectivity index (χ0) is 12.5. The van der Waals surface area contributed by atoms with E-state index in [1.165, 1.54) is 0 Å². The van der Waals surface area contributed by atoms with Crippen molar-refractivity contribution in [1.82, 2.24) is 10.2 Å². The fourth-order valence-corrected chi connectivity index (χ4v) is 1.21. The molecule has 0 bridgehead atoms. The Morgan fingerprint density at radius 1 is 1.41 bits per heavy atom. The predicted molar refractivity (Wildman–Crippen MR) is 68.9 cm³/mol. The molecule has 0 aliphatic carbocycles. The van der Waals surface area contributed by atoms with Crippen LogP contribution >= 0.6 is 0 Å². The van der Waals surface area contributed by atoms with Gasteiger partial charge in [0.05, 0.1) is 0 Å². The van der Waals surface area contributed by atoms with Crippen LogP contribution in [0.3, 0.4) is 0 Å². The van der Waals surface area contributed by atoms with Gasteiger partial charge >= 0.3 is 0 Å². The Balaban J connectivity index is 2.44. The van der Waals surface area contributed by atoms with Crippen molar-refractivity contribution in [2.45, 2.75) is 26.2 Å². The molecule has 2 N–H and O–H groups in total. The Hall–Kier alpha value is -1.91. The highest BCUT2D eigenvalue weighted by Crippen LogP contribution is 2.06. The van der Waals surface area contributed by atoms with E-state index in [0.717, 1.165) is 12.8 Å². The van der Waals surface area contributed by atoms with Crippen molar-refractivity contribution >= 4 is 17.5 Å². The second-order valence-corrected chi connectivity index (χ2v) is 3.63. The molecule has 0 aliphatic heterocycles. The number of nitrogens with one attached hydrogen (secondary N) is 2. The maximum Gasteiger partial charge on any atom is 0.225 e. The van der Waals surface area contributed by atoms with Gasteiger partial charge in [-0.2, -0.15) is 0 Å². The van der Waals surface area contributed by atoms with Gasteiger partial charge in [-0.15, -0.1) is 16.8 Å². The monoisotopic (exact) mass is 234 g/mol. The van der Waals surface area contributed by atoms with Crippen LogP contribution in [0, 0.1) is 0 Å². The molecule has 0 aromatic carbocycles. The van der Waals surface area contributed by atoms with Crippen molar-refractivity contribution in [3.63, 3.8) is 0 Å². The summed E-state index contributed by atoms with van der Waals surface area (Å²) in [4.78, 5) is 11.4. The summed E-state index contributed by atoms with van der Waals surface area (Å²) in [6.07, 6.45) is 4.15. The lowest BCUT2D eigenvalue weighted by Gasteiger charge is -2.04. The Kier molecular flexibility index (Phi) is 5.71. The van der Waals surface area contributed by atoms with Gasteiger partial charge in [0.1, 0.15) is 5.82 Å². The fraction of sp³-hybridized carbons (Fsp3) is 0.417. The summed E-state index contributed by atoms with van der Waals surface area (Å²) in [5, 5.41) is 13.5. The van der Waals surface area contributed by atoms with Crippen LogP contribution in [-0.4, -0.2) is 22.6 Å². The number of unbranched alkanes of at least 4 members (excludes halogenated alkanes) is 1. The van der Waals surface area contributed by atoms with E-state index in [9.17, 15) is 4.79 Å². The molecular weight excluding hydrogens is 216 g/mol. The SMILES string of the molecule is C=CCNc1ccc(NC(=O)CCCC)nn1. The van der Waals surface area contributed by atoms with E-state index in [0.29, 0.717) is 24.6 Å². The molecule has 5 nitrogen and oxygen atoms in total. The van der Waals surface area contributed by atoms with E-state index >= 15 is 0 Å². The van der Waals surface area contributed by atoms with Gasteiger partial charge in [-0.1, -0.05) is 19.4 Å². The van der Waals surface area contributed by atoms with Gasteiger partial charge in [-0.25, -0.2) is 0 Å². The molecule has 1 heterocycles. The Bertz CT molecular complexity index is 361. The molecule has 0 aliphatic rings. The molecule has 92 valence electrons. The molecular formula is C12H18N4O. The van der Waals surface area contributed by atoms with Crippen LogP contribution < -0.4 is 10.6 Å². The number of hydrogen-bond donors (Lipinski definition) is 2. The smallest absolute Gasteiger partial charge is 0.225 e. The topological polar surface area (TPSA) is 66.9 Å². The standard InChI is InChI=1S/C12H18N4O/c1-3-5-6-12(17)14-11-8-7-10(15-16-11)13-9-4-2/h4,7-8H,2-3,5-6,9H2,1H3,(H,13,15)(H,14,16,17). The van der Waals surface area contributed by atoms with E-state index < -0.39 is 0 Å². The van der Waals surface area contributed by atoms with E-state index in [-0.39, 0.29) is 5.91 Å². The normalized spacial score (nSPS) is 9.71. The number of rotatable bonds is 7. The molecule has 0 atom stereocenters. The lowest BCUT2D eigenvalue weighted by atomic mass is 10.2. The minimum atomic E-state index is -0.0204. The summed E-state index contributed by atoms with van der Waals surface area (Å²) in [6.45, 7) is 6.28. The van der Waals surface area contributed by atoms with Crippen molar-refractivity contribution < 1.29 is 4.79 Å².